The van der Waals surface area contributed by atoms with E-state index in [0.29, 0.717) is 15.6 Å². The average molecular weight is 392 g/mol. The first-order chi connectivity index (χ1) is 13.1. The number of nitrogens with zero attached hydrogens (tertiary/aromatic N) is 1. The summed E-state index contributed by atoms with van der Waals surface area (Å²) >= 11 is 12.2. The lowest BCUT2D eigenvalue weighted by Gasteiger charge is -2.21. The quantitative estimate of drug-likeness (QED) is 0.468. The summed E-state index contributed by atoms with van der Waals surface area (Å²) in [7, 11) is 0. The van der Waals surface area contributed by atoms with Crippen molar-refractivity contribution in [1.82, 2.24) is 0 Å². The molecule has 0 radical (unpaired) electrons. The Balaban J connectivity index is 1.84. The Morgan fingerprint density at radius 1 is 0.778 bits per heavy atom. The van der Waals surface area contributed by atoms with Crippen molar-refractivity contribution < 1.29 is 4.79 Å². The van der Waals surface area contributed by atoms with Crippen LogP contribution in [0.2, 0.25) is 10.0 Å². The van der Waals surface area contributed by atoms with Crippen molar-refractivity contribution in [2.24, 2.45) is 0 Å². The predicted octanol–water partition coefficient (Wildman–Crippen LogP) is 6.46. The number of benzene rings is 3. The fourth-order valence-electron chi connectivity index (χ4n) is 3.05. The molecule has 0 aromatic heterocycles. The van der Waals surface area contributed by atoms with E-state index in [4.69, 9.17) is 23.2 Å². The molecule has 1 amide bonds. The lowest BCUT2D eigenvalue weighted by Crippen LogP contribution is -2.24. The number of carbonyl (C=O) groups is 1. The number of rotatable bonds is 3. The van der Waals surface area contributed by atoms with Gasteiger partial charge in [0.15, 0.2) is 0 Å². The molecule has 1 aliphatic rings. The molecule has 3 aromatic carbocycles. The van der Waals surface area contributed by atoms with Crippen LogP contribution in [0.3, 0.4) is 0 Å². The Hall–Kier alpha value is -2.81. The zero-order valence-electron chi connectivity index (χ0n) is 14.3. The minimum Gasteiger partial charge on any atom is -0.276 e. The van der Waals surface area contributed by atoms with Crippen LogP contribution in [-0.4, -0.2) is 5.91 Å². The van der Waals surface area contributed by atoms with Crippen molar-refractivity contribution in [1.29, 1.82) is 0 Å². The van der Waals surface area contributed by atoms with Gasteiger partial charge in [0, 0.05) is 15.6 Å². The van der Waals surface area contributed by atoms with Gasteiger partial charge in [-0.15, -0.1) is 0 Å². The van der Waals surface area contributed by atoms with Gasteiger partial charge < -0.3 is 0 Å². The summed E-state index contributed by atoms with van der Waals surface area (Å²) in [6, 6.07) is 24.5. The van der Waals surface area contributed by atoms with Gasteiger partial charge in [0.2, 0.25) is 0 Å². The van der Waals surface area contributed by atoms with Crippen LogP contribution in [0.5, 0.6) is 0 Å². The molecule has 3 aromatic rings. The van der Waals surface area contributed by atoms with Crippen LogP contribution in [0, 0.1) is 0 Å². The third-order valence-electron chi connectivity index (χ3n) is 4.31. The molecule has 0 aliphatic carbocycles. The smallest absolute Gasteiger partial charge is 0.262 e. The van der Waals surface area contributed by atoms with Crippen LogP contribution in [0.4, 0.5) is 5.69 Å². The Labute approximate surface area is 168 Å². The van der Waals surface area contributed by atoms with Crippen molar-refractivity contribution in [2.45, 2.75) is 0 Å². The first kappa shape index (κ1) is 17.6. The Morgan fingerprint density at radius 3 is 2.22 bits per heavy atom. The fraction of sp³-hybridized carbons (Fsp3) is 0. The molecule has 132 valence electrons. The van der Waals surface area contributed by atoms with Crippen LogP contribution in [0.15, 0.2) is 90.5 Å². The molecule has 0 saturated heterocycles. The largest absolute Gasteiger partial charge is 0.276 e. The minimum absolute atomic E-state index is 0.0916. The highest BCUT2D eigenvalue weighted by Gasteiger charge is 2.30. The maximum Gasteiger partial charge on any atom is 0.262 e. The molecule has 0 bridgehead atoms. The van der Waals surface area contributed by atoms with E-state index in [0.717, 1.165) is 22.5 Å². The number of carbonyl (C=O) groups excluding carboxylic acids is 1. The van der Waals surface area contributed by atoms with Crippen LogP contribution in [0.25, 0.3) is 11.8 Å². The molecule has 2 nitrogen and oxygen atoms in total. The molecular formula is C23H15Cl2NO. The topological polar surface area (TPSA) is 20.3 Å². The summed E-state index contributed by atoms with van der Waals surface area (Å²) in [5.41, 5.74) is 4.02. The third-order valence-corrected chi connectivity index (χ3v) is 4.80. The molecule has 4 rings (SSSR count). The predicted molar refractivity (Wildman–Crippen MR) is 113 cm³/mol. The number of hydrogen-bond acceptors (Lipinski definition) is 1. The molecule has 4 heteroatoms. The van der Waals surface area contributed by atoms with Crippen LogP contribution >= 0.6 is 23.2 Å². The minimum atomic E-state index is -0.0916. The molecule has 0 spiro atoms. The second kappa shape index (κ2) is 7.43. The number of anilines is 1. The third kappa shape index (κ3) is 3.68. The highest BCUT2D eigenvalue weighted by atomic mass is 35.5. The SMILES string of the molecule is O=C1/C(=C/c2ccccc2)C=C(c2ccc(Cl)cc2)N1c1cccc(Cl)c1. The van der Waals surface area contributed by atoms with Crippen molar-refractivity contribution in [3.8, 4) is 0 Å². The van der Waals surface area contributed by atoms with E-state index in [1.54, 1.807) is 17.0 Å². The lowest BCUT2D eigenvalue weighted by molar-refractivity contribution is -0.113. The van der Waals surface area contributed by atoms with Crippen molar-refractivity contribution >= 4 is 46.6 Å². The maximum absolute atomic E-state index is 13.2. The Morgan fingerprint density at radius 2 is 1.52 bits per heavy atom. The summed E-state index contributed by atoms with van der Waals surface area (Å²) < 4.78 is 0. The average Bonchev–Trinajstić information content (AvgIpc) is 2.99. The standard InChI is InChI=1S/C23H15Cl2NO/c24-19-11-9-17(10-12-19)22-14-18(13-16-5-2-1-3-6-16)23(27)26(22)21-8-4-7-20(25)15-21/h1-15H/b18-13+. The van der Waals surface area contributed by atoms with Gasteiger partial charge in [0.25, 0.3) is 5.91 Å². The van der Waals surface area contributed by atoms with Crippen molar-refractivity contribution in [3.63, 3.8) is 0 Å². The lowest BCUT2D eigenvalue weighted by atomic mass is 10.1. The van der Waals surface area contributed by atoms with Gasteiger partial charge in [-0.3, -0.25) is 9.69 Å². The molecule has 0 unspecified atom stereocenters. The summed E-state index contributed by atoms with van der Waals surface area (Å²) in [5, 5.41) is 1.23. The molecule has 0 saturated carbocycles. The first-order valence-corrected chi connectivity index (χ1v) is 9.22. The van der Waals surface area contributed by atoms with E-state index < -0.39 is 0 Å². The van der Waals surface area contributed by atoms with Gasteiger partial charge in [-0.2, -0.15) is 0 Å². The molecular weight excluding hydrogens is 377 g/mol. The summed E-state index contributed by atoms with van der Waals surface area (Å²) in [6.45, 7) is 0. The van der Waals surface area contributed by atoms with Gasteiger partial charge in [-0.05, 0) is 53.6 Å². The molecule has 27 heavy (non-hydrogen) atoms. The van der Waals surface area contributed by atoms with E-state index in [9.17, 15) is 4.79 Å². The van der Waals surface area contributed by atoms with E-state index in [-0.39, 0.29) is 5.91 Å². The molecule has 0 N–H and O–H groups in total. The first-order valence-electron chi connectivity index (χ1n) is 8.46. The maximum atomic E-state index is 13.2. The summed E-state index contributed by atoms with van der Waals surface area (Å²) in [5.74, 6) is -0.0916. The molecule has 1 heterocycles. The zero-order valence-corrected chi connectivity index (χ0v) is 15.8. The molecule has 0 atom stereocenters. The second-order valence-electron chi connectivity index (χ2n) is 6.17. The van der Waals surface area contributed by atoms with Gasteiger partial charge in [-0.25, -0.2) is 0 Å². The van der Waals surface area contributed by atoms with Crippen LogP contribution in [0.1, 0.15) is 11.1 Å². The summed E-state index contributed by atoms with van der Waals surface area (Å²) in [6.07, 6.45) is 3.79. The summed E-state index contributed by atoms with van der Waals surface area (Å²) in [4.78, 5) is 14.9. The van der Waals surface area contributed by atoms with Crippen molar-refractivity contribution in [2.75, 3.05) is 4.90 Å². The second-order valence-corrected chi connectivity index (χ2v) is 7.04. The van der Waals surface area contributed by atoms with Gasteiger partial charge >= 0.3 is 0 Å². The number of halogens is 2. The van der Waals surface area contributed by atoms with E-state index in [2.05, 4.69) is 0 Å². The van der Waals surface area contributed by atoms with Gasteiger partial charge in [0.05, 0.1) is 11.4 Å². The monoisotopic (exact) mass is 391 g/mol. The Kier molecular flexibility index (Phi) is 4.85. The Bertz CT molecular complexity index is 1050. The van der Waals surface area contributed by atoms with Gasteiger partial charge in [-0.1, -0.05) is 71.7 Å². The van der Waals surface area contributed by atoms with Crippen molar-refractivity contribution in [3.05, 3.63) is 112 Å². The normalized spacial score (nSPS) is 15.3. The molecule has 1 aliphatic heterocycles. The number of hydrogen-bond donors (Lipinski definition) is 0. The highest BCUT2D eigenvalue weighted by molar-refractivity contribution is 6.31. The van der Waals surface area contributed by atoms with E-state index >= 15 is 0 Å². The van der Waals surface area contributed by atoms with E-state index in [1.165, 1.54) is 0 Å². The number of amides is 1. The van der Waals surface area contributed by atoms with E-state index in [1.807, 2.05) is 78.9 Å². The van der Waals surface area contributed by atoms with Crippen LogP contribution in [-0.2, 0) is 4.79 Å². The zero-order chi connectivity index (χ0) is 18.8. The molecule has 0 fully saturated rings. The fourth-order valence-corrected chi connectivity index (χ4v) is 3.36. The highest BCUT2D eigenvalue weighted by Crippen LogP contribution is 2.36. The van der Waals surface area contributed by atoms with Gasteiger partial charge in [0.1, 0.15) is 0 Å². The van der Waals surface area contributed by atoms with Crippen LogP contribution < -0.4 is 4.90 Å².